The second-order valence-corrected chi connectivity index (χ2v) is 9.82. The molecule has 1 fully saturated rings. The predicted molar refractivity (Wildman–Crippen MR) is 104 cm³/mol. The van der Waals surface area contributed by atoms with Crippen molar-refractivity contribution in [2.45, 2.75) is 37.0 Å². The fourth-order valence-corrected chi connectivity index (χ4v) is 5.47. The molecule has 0 bridgehead atoms. The summed E-state index contributed by atoms with van der Waals surface area (Å²) in [5, 5.41) is 3.29. The van der Waals surface area contributed by atoms with Gasteiger partial charge < -0.3 is 4.90 Å². The highest BCUT2D eigenvalue weighted by atomic mass is 35.5. The highest BCUT2D eigenvalue weighted by molar-refractivity contribution is 7.90. The molecule has 140 valence electrons. The summed E-state index contributed by atoms with van der Waals surface area (Å²) in [4.78, 5) is 19.3. The van der Waals surface area contributed by atoms with E-state index in [9.17, 15) is 13.2 Å². The fourth-order valence-electron chi connectivity index (χ4n) is 3.14. The molecule has 0 saturated carbocycles. The molecule has 26 heavy (non-hydrogen) atoms. The maximum absolute atomic E-state index is 12.9. The van der Waals surface area contributed by atoms with E-state index in [1.165, 1.54) is 12.1 Å². The Hall–Kier alpha value is -1.44. The van der Waals surface area contributed by atoms with Crippen LogP contribution in [0, 0.1) is 0 Å². The number of hydrogen-bond donors (Lipinski definition) is 0. The molecule has 2 aromatic rings. The first-order chi connectivity index (χ1) is 12.3. The van der Waals surface area contributed by atoms with Gasteiger partial charge in [0.05, 0.1) is 20.6 Å². The Labute approximate surface area is 162 Å². The quantitative estimate of drug-likeness (QED) is 0.766. The van der Waals surface area contributed by atoms with E-state index in [-0.39, 0.29) is 21.7 Å². The maximum Gasteiger partial charge on any atom is 0.253 e. The Kier molecular flexibility index (Phi) is 5.69. The summed E-state index contributed by atoms with van der Waals surface area (Å²) in [6.07, 6.45) is 3.91. The van der Waals surface area contributed by atoms with Gasteiger partial charge in [-0.15, -0.1) is 11.3 Å². The largest absolute Gasteiger partial charge is 0.338 e. The zero-order valence-corrected chi connectivity index (χ0v) is 17.1. The van der Waals surface area contributed by atoms with Crippen LogP contribution in [0.2, 0.25) is 5.02 Å². The number of sulfone groups is 1. The molecule has 1 aromatic heterocycles. The molecular formula is C18H21ClN2O3S2. The number of nitrogens with zero attached hydrogens (tertiary/aromatic N) is 2. The number of rotatable bonds is 4. The molecule has 2 heterocycles. The average molecular weight is 413 g/mol. The Balaban J connectivity index is 1.81. The Morgan fingerprint density at radius 2 is 2.19 bits per heavy atom. The summed E-state index contributed by atoms with van der Waals surface area (Å²) in [5.74, 6) is 0.0724. The van der Waals surface area contributed by atoms with Gasteiger partial charge in [0.2, 0.25) is 0 Å². The zero-order valence-electron chi connectivity index (χ0n) is 14.7. The van der Waals surface area contributed by atoms with E-state index in [0.717, 1.165) is 36.2 Å². The maximum atomic E-state index is 12.9. The topological polar surface area (TPSA) is 67.3 Å². The first-order valence-electron chi connectivity index (χ1n) is 8.52. The molecule has 1 aromatic carbocycles. The van der Waals surface area contributed by atoms with E-state index < -0.39 is 9.84 Å². The van der Waals surface area contributed by atoms with Gasteiger partial charge in [-0.3, -0.25) is 4.79 Å². The number of likely N-dealkylation sites (tertiary alicyclic amines) is 1. The van der Waals surface area contributed by atoms with Crippen LogP contribution in [0.3, 0.4) is 0 Å². The van der Waals surface area contributed by atoms with Gasteiger partial charge >= 0.3 is 0 Å². The summed E-state index contributed by atoms with van der Waals surface area (Å²) in [7, 11) is -3.49. The van der Waals surface area contributed by atoms with Gasteiger partial charge in [-0.1, -0.05) is 18.5 Å². The molecule has 3 rings (SSSR count). The van der Waals surface area contributed by atoms with Gasteiger partial charge in [-0.25, -0.2) is 13.4 Å². The van der Waals surface area contributed by atoms with Crippen molar-refractivity contribution in [1.82, 2.24) is 9.88 Å². The third kappa shape index (κ3) is 4.10. The van der Waals surface area contributed by atoms with E-state index in [0.29, 0.717) is 18.7 Å². The molecule has 8 heteroatoms. The van der Waals surface area contributed by atoms with Crippen LogP contribution in [0.1, 0.15) is 46.7 Å². The highest BCUT2D eigenvalue weighted by Gasteiger charge is 2.28. The first-order valence-corrected chi connectivity index (χ1v) is 11.7. The number of piperidine rings is 1. The summed E-state index contributed by atoms with van der Waals surface area (Å²) >= 11 is 7.63. The molecule has 1 atom stereocenters. The van der Waals surface area contributed by atoms with Crippen molar-refractivity contribution < 1.29 is 13.2 Å². The van der Waals surface area contributed by atoms with Crippen molar-refractivity contribution in [1.29, 1.82) is 0 Å². The summed E-state index contributed by atoms with van der Waals surface area (Å²) in [6, 6.07) is 4.44. The average Bonchev–Trinajstić information content (AvgIpc) is 3.10. The van der Waals surface area contributed by atoms with Crippen molar-refractivity contribution in [3.05, 3.63) is 44.9 Å². The molecule has 1 amide bonds. The van der Waals surface area contributed by atoms with E-state index in [2.05, 4.69) is 17.3 Å². The lowest BCUT2D eigenvalue weighted by atomic mass is 9.98. The SMILES string of the molecule is CCc1csc(C2CCCN(C(=O)c3ccc(Cl)c(S(C)(=O)=O)c3)C2)n1. The first kappa shape index (κ1) is 19.3. The minimum absolute atomic E-state index is 0.00825. The van der Waals surface area contributed by atoms with Crippen LogP contribution < -0.4 is 0 Å². The lowest BCUT2D eigenvalue weighted by Crippen LogP contribution is -2.39. The molecule has 0 spiro atoms. The second kappa shape index (κ2) is 7.66. The molecule has 1 unspecified atom stereocenters. The smallest absolute Gasteiger partial charge is 0.253 e. The number of benzene rings is 1. The van der Waals surface area contributed by atoms with Crippen LogP contribution in [0.4, 0.5) is 0 Å². The van der Waals surface area contributed by atoms with Crippen molar-refractivity contribution in [3.63, 3.8) is 0 Å². The number of thiazole rings is 1. The van der Waals surface area contributed by atoms with Gasteiger partial charge in [0.1, 0.15) is 0 Å². The lowest BCUT2D eigenvalue weighted by molar-refractivity contribution is 0.0707. The third-order valence-corrected chi connectivity index (χ3v) is 7.20. The Morgan fingerprint density at radius 1 is 1.42 bits per heavy atom. The summed E-state index contributed by atoms with van der Waals surface area (Å²) < 4.78 is 23.7. The van der Waals surface area contributed by atoms with Gasteiger partial charge in [-0.2, -0.15) is 0 Å². The van der Waals surface area contributed by atoms with Crippen LogP contribution >= 0.6 is 22.9 Å². The molecule has 5 nitrogen and oxygen atoms in total. The minimum atomic E-state index is -3.49. The molecule has 1 aliphatic heterocycles. The summed E-state index contributed by atoms with van der Waals surface area (Å²) in [6.45, 7) is 3.35. The number of aryl methyl sites for hydroxylation is 1. The van der Waals surface area contributed by atoms with E-state index in [4.69, 9.17) is 11.6 Å². The van der Waals surface area contributed by atoms with E-state index >= 15 is 0 Å². The van der Waals surface area contributed by atoms with E-state index in [1.54, 1.807) is 22.3 Å². The third-order valence-electron chi connectivity index (χ3n) is 4.57. The number of aromatic nitrogens is 1. The van der Waals surface area contributed by atoms with Crippen LogP contribution in [-0.4, -0.2) is 43.6 Å². The van der Waals surface area contributed by atoms with Gasteiger partial charge in [0.15, 0.2) is 9.84 Å². The Bertz CT molecular complexity index is 924. The molecular weight excluding hydrogens is 392 g/mol. The van der Waals surface area contributed by atoms with Crippen LogP contribution in [0.25, 0.3) is 0 Å². The van der Waals surface area contributed by atoms with Gasteiger partial charge in [-0.05, 0) is 37.5 Å². The van der Waals surface area contributed by atoms with Crippen molar-refractivity contribution in [2.75, 3.05) is 19.3 Å². The van der Waals surface area contributed by atoms with Crippen LogP contribution in [-0.2, 0) is 16.3 Å². The van der Waals surface area contributed by atoms with Crippen LogP contribution in [0.5, 0.6) is 0 Å². The molecule has 1 saturated heterocycles. The molecule has 1 aliphatic rings. The number of hydrogen-bond acceptors (Lipinski definition) is 5. The normalized spacial score (nSPS) is 18.1. The number of carbonyl (C=O) groups is 1. The van der Waals surface area contributed by atoms with Gasteiger partial charge in [0, 0.05) is 36.2 Å². The lowest BCUT2D eigenvalue weighted by Gasteiger charge is -2.32. The van der Waals surface area contributed by atoms with Crippen molar-refractivity contribution >= 4 is 38.7 Å². The molecule has 0 N–H and O–H groups in total. The minimum Gasteiger partial charge on any atom is -0.338 e. The Morgan fingerprint density at radius 3 is 2.85 bits per heavy atom. The number of carbonyl (C=O) groups excluding carboxylic acids is 1. The zero-order chi connectivity index (χ0) is 18.9. The number of halogens is 1. The van der Waals surface area contributed by atoms with Crippen LogP contribution in [0.15, 0.2) is 28.5 Å². The predicted octanol–water partition coefficient (Wildman–Crippen LogP) is 3.78. The van der Waals surface area contributed by atoms with Crippen molar-refractivity contribution in [2.24, 2.45) is 0 Å². The molecule has 0 radical (unpaired) electrons. The summed E-state index contributed by atoms with van der Waals surface area (Å²) in [5.41, 5.74) is 1.44. The van der Waals surface area contributed by atoms with E-state index in [1.807, 2.05) is 0 Å². The van der Waals surface area contributed by atoms with Gasteiger partial charge in [0.25, 0.3) is 5.91 Å². The fraction of sp³-hybridized carbons (Fsp3) is 0.444. The number of amides is 1. The second-order valence-electron chi connectivity index (χ2n) is 6.54. The molecule has 0 aliphatic carbocycles. The standard InChI is InChI=1S/C18H21ClN2O3S2/c1-3-14-11-25-17(20-14)13-5-4-8-21(10-13)18(22)12-6-7-15(19)16(9-12)26(2,23)24/h6-7,9,11,13H,3-5,8,10H2,1-2H3. The monoisotopic (exact) mass is 412 g/mol. The van der Waals surface area contributed by atoms with Crippen molar-refractivity contribution in [3.8, 4) is 0 Å². The highest BCUT2D eigenvalue weighted by Crippen LogP contribution is 2.31.